The Morgan fingerprint density at radius 3 is 2.82 bits per heavy atom. The van der Waals surface area contributed by atoms with Crippen molar-refractivity contribution in [2.45, 2.75) is 25.8 Å². The minimum Gasteiger partial charge on any atom is -0.472 e. The first-order valence-electron chi connectivity index (χ1n) is 5.99. The zero-order chi connectivity index (χ0) is 12.1. The summed E-state index contributed by atoms with van der Waals surface area (Å²) in [4.78, 5) is 4.42. The molecule has 0 aliphatic rings. The molecule has 0 aromatic carbocycles. The molecule has 0 aliphatic carbocycles. The Balaban J connectivity index is 2.22. The van der Waals surface area contributed by atoms with Crippen molar-refractivity contribution < 1.29 is 4.42 Å². The summed E-state index contributed by atoms with van der Waals surface area (Å²) in [5, 5.41) is 3.48. The Kier molecular flexibility index (Phi) is 3.94. The van der Waals surface area contributed by atoms with E-state index in [1.165, 1.54) is 5.56 Å². The summed E-state index contributed by atoms with van der Waals surface area (Å²) in [5.41, 5.74) is 2.27. The molecule has 2 aromatic heterocycles. The number of hydrogen-bond acceptors (Lipinski definition) is 3. The molecule has 2 unspecified atom stereocenters. The minimum atomic E-state index is 0.244. The number of nitrogens with one attached hydrogen (secondary N) is 1. The van der Waals surface area contributed by atoms with E-state index in [-0.39, 0.29) is 6.04 Å². The zero-order valence-electron chi connectivity index (χ0n) is 10.3. The summed E-state index contributed by atoms with van der Waals surface area (Å²) in [6, 6.07) is 8.28. The molecule has 2 heterocycles. The first-order chi connectivity index (χ1) is 8.33. The van der Waals surface area contributed by atoms with Gasteiger partial charge in [0.15, 0.2) is 0 Å². The van der Waals surface area contributed by atoms with Crippen LogP contribution in [0.5, 0.6) is 0 Å². The molecule has 0 fully saturated rings. The van der Waals surface area contributed by atoms with Gasteiger partial charge in [0.1, 0.15) is 0 Å². The van der Waals surface area contributed by atoms with Crippen LogP contribution in [0.3, 0.4) is 0 Å². The number of nitrogens with zero attached hydrogens (tertiary/aromatic N) is 1. The molecule has 3 nitrogen and oxygen atoms in total. The van der Waals surface area contributed by atoms with E-state index >= 15 is 0 Å². The number of pyridine rings is 1. The summed E-state index contributed by atoms with van der Waals surface area (Å²) < 4.78 is 5.17. The predicted molar refractivity (Wildman–Crippen MR) is 67.8 cm³/mol. The topological polar surface area (TPSA) is 38.1 Å². The third-order valence-electron chi connectivity index (χ3n) is 2.98. The third kappa shape index (κ3) is 2.74. The molecule has 0 amide bonds. The zero-order valence-corrected chi connectivity index (χ0v) is 10.3. The summed E-state index contributed by atoms with van der Waals surface area (Å²) in [5.74, 6) is 0.314. The maximum absolute atomic E-state index is 5.17. The quantitative estimate of drug-likeness (QED) is 0.857. The third-order valence-corrected chi connectivity index (χ3v) is 2.98. The standard InChI is InChI=1S/C14H18N2O/c1-3-15-14(12-7-9-17-10-12)11(2)13-6-4-5-8-16-13/h4-11,14-15H,3H2,1-2H3. The van der Waals surface area contributed by atoms with Gasteiger partial charge in [-0.05, 0) is 24.7 Å². The first-order valence-corrected chi connectivity index (χ1v) is 5.99. The number of aromatic nitrogens is 1. The smallest absolute Gasteiger partial charge is 0.0950 e. The second-order valence-electron chi connectivity index (χ2n) is 4.14. The summed E-state index contributed by atoms with van der Waals surface area (Å²) in [7, 11) is 0. The van der Waals surface area contributed by atoms with Gasteiger partial charge in [0.05, 0.1) is 12.5 Å². The monoisotopic (exact) mass is 230 g/mol. The summed E-state index contributed by atoms with van der Waals surface area (Å²) in [6.45, 7) is 5.22. The lowest BCUT2D eigenvalue weighted by Crippen LogP contribution is -2.25. The molecule has 3 heteroatoms. The van der Waals surface area contributed by atoms with Crippen LogP contribution in [0.1, 0.15) is 37.1 Å². The van der Waals surface area contributed by atoms with Crippen molar-refractivity contribution in [3.8, 4) is 0 Å². The Labute approximate surface area is 102 Å². The van der Waals surface area contributed by atoms with Crippen LogP contribution in [0.4, 0.5) is 0 Å². The van der Waals surface area contributed by atoms with E-state index < -0.39 is 0 Å². The van der Waals surface area contributed by atoms with Crippen LogP contribution in [0.25, 0.3) is 0 Å². The molecule has 2 rings (SSSR count). The van der Waals surface area contributed by atoms with Crippen LogP contribution in [-0.2, 0) is 0 Å². The number of likely N-dealkylation sites (N-methyl/N-ethyl adjacent to an activating group) is 1. The summed E-state index contributed by atoms with van der Waals surface area (Å²) >= 11 is 0. The predicted octanol–water partition coefficient (Wildman–Crippen LogP) is 3.13. The molecule has 2 aromatic rings. The number of rotatable bonds is 5. The fraction of sp³-hybridized carbons (Fsp3) is 0.357. The van der Waals surface area contributed by atoms with Crippen molar-refractivity contribution >= 4 is 0 Å². The SMILES string of the molecule is CCNC(c1ccoc1)C(C)c1ccccn1. The van der Waals surface area contributed by atoms with Crippen molar-refractivity contribution in [1.82, 2.24) is 10.3 Å². The maximum atomic E-state index is 5.17. The van der Waals surface area contributed by atoms with Crippen LogP contribution in [0, 0.1) is 0 Å². The van der Waals surface area contributed by atoms with Crippen LogP contribution in [0.15, 0.2) is 47.4 Å². The highest BCUT2D eigenvalue weighted by atomic mass is 16.3. The Morgan fingerprint density at radius 2 is 2.24 bits per heavy atom. The van der Waals surface area contributed by atoms with Gasteiger partial charge in [-0.15, -0.1) is 0 Å². The Hall–Kier alpha value is -1.61. The molecular weight excluding hydrogens is 212 g/mol. The van der Waals surface area contributed by atoms with E-state index in [2.05, 4.69) is 30.2 Å². The van der Waals surface area contributed by atoms with Gasteiger partial charge in [-0.1, -0.05) is 19.9 Å². The van der Waals surface area contributed by atoms with Gasteiger partial charge in [0, 0.05) is 29.4 Å². The lowest BCUT2D eigenvalue weighted by molar-refractivity contribution is 0.464. The van der Waals surface area contributed by atoms with Gasteiger partial charge in [-0.3, -0.25) is 4.98 Å². The normalized spacial score (nSPS) is 14.5. The van der Waals surface area contributed by atoms with Crippen molar-refractivity contribution in [3.05, 3.63) is 54.2 Å². The van der Waals surface area contributed by atoms with E-state index in [0.717, 1.165) is 12.2 Å². The van der Waals surface area contributed by atoms with Gasteiger partial charge < -0.3 is 9.73 Å². The number of furan rings is 1. The molecule has 90 valence electrons. The lowest BCUT2D eigenvalue weighted by Gasteiger charge is -2.23. The van der Waals surface area contributed by atoms with Crippen molar-refractivity contribution in [2.24, 2.45) is 0 Å². The lowest BCUT2D eigenvalue weighted by atomic mass is 9.93. The molecule has 0 spiro atoms. The number of hydrogen-bond donors (Lipinski definition) is 1. The van der Waals surface area contributed by atoms with Gasteiger partial charge in [0.2, 0.25) is 0 Å². The molecule has 0 bridgehead atoms. The Morgan fingerprint density at radius 1 is 1.35 bits per heavy atom. The van der Waals surface area contributed by atoms with Gasteiger partial charge in [-0.2, -0.15) is 0 Å². The molecular formula is C14H18N2O. The van der Waals surface area contributed by atoms with Crippen molar-refractivity contribution in [2.75, 3.05) is 6.54 Å². The minimum absolute atomic E-state index is 0.244. The fourth-order valence-corrected chi connectivity index (χ4v) is 2.07. The van der Waals surface area contributed by atoms with Gasteiger partial charge in [-0.25, -0.2) is 0 Å². The molecule has 2 atom stereocenters. The Bertz CT molecular complexity index is 425. The van der Waals surface area contributed by atoms with Crippen LogP contribution < -0.4 is 5.32 Å². The average Bonchev–Trinajstić information content (AvgIpc) is 2.90. The van der Waals surface area contributed by atoms with E-state index in [1.54, 1.807) is 12.5 Å². The highest BCUT2D eigenvalue weighted by Crippen LogP contribution is 2.29. The molecule has 0 aliphatic heterocycles. The highest BCUT2D eigenvalue weighted by molar-refractivity contribution is 5.20. The van der Waals surface area contributed by atoms with E-state index in [0.29, 0.717) is 5.92 Å². The summed E-state index contributed by atoms with van der Waals surface area (Å²) in [6.07, 6.45) is 5.35. The van der Waals surface area contributed by atoms with Gasteiger partial charge in [0.25, 0.3) is 0 Å². The van der Waals surface area contributed by atoms with E-state index in [1.807, 2.05) is 24.4 Å². The van der Waals surface area contributed by atoms with Crippen LogP contribution >= 0.6 is 0 Å². The maximum Gasteiger partial charge on any atom is 0.0950 e. The highest BCUT2D eigenvalue weighted by Gasteiger charge is 2.21. The van der Waals surface area contributed by atoms with Crippen LogP contribution in [0.2, 0.25) is 0 Å². The molecule has 17 heavy (non-hydrogen) atoms. The van der Waals surface area contributed by atoms with Crippen molar-refractivity contribution in [3.63, 3.8) is 0 Å². The van der Waals surface area contributed by atoms with E-state index in [4.69, 9.17) is 4.42 Å². The van der Waals surface area contributed by atoms with Crippen molar-refractivity contribution in [1.29, 1.82) is 0 Å². The largest absolute Gasteiger partial charge is 0.472 e. The van der Waals surface area contributed by atoms with E-state index in [9.17, 15) is 0 Å². The molecule has 0 saturated carbocycles. The average molecular weight is 230 g/mol. The second kappa shape index (κ2) is 5.64. The molecule has 1 N–H and O–H groups in total. The van der Waals surface area contributed by atoms with Gasteiger partial charge >= 0.3 is 0 Å². The van der Waals surface area contributed by atoms with Crippen LogP contribution in [-0.4, -0.2) is 11.5 Å². The fourth-order valence-electron chi connectivity index (χ4n) is 2.07. The first kappa shape index (κ1) is 11.9. The molecule has 0 saturated heterocycles. The molecule has 0 radical (unpaired) electrons. The second-order valence-corrected chi connectivity index (χ2v) is 4.14.